The number of rotatable bonds is 5. The van der Waals surface area contributed by atoms with Gasteiger partial charge in [0.15, 0.2) is 5.84 Å². The van der Waals surface area contributed by atoms with Crippen molar-refractivity contribution in [3.63, 3.8) is 0 Å². The number of nitrogens with zero attached hydrogens (tertiary/aromatic N) is 2. The van der Waals surface area contributed by atoms with E-state index in [0.717, 1.165) is 19.5 Å². The van der Waals surface area contributed by atoms with E-state index in [1.54, 1.807) is 0 Å². The molecule has 0 aromatic carbocycles. The Labute approximate surface area is 74.0 Å². The molecule has 1 atom stereocenters. The van der Waals surface area contributed by atoms with E-state index in [4.69, 9.17) is 10.9 Å². The third kappa shape index (κ3) is 3.09. The Bertz CT molecular complexity index is 147. The summed E-state index contributed by atoms with van der Waals surface area (Å²) in [6.07, 6.45) is 1.08. The van der Waals surface area contributed by atoms with Gasteiger partial charge in [0.1, 0.15) is 0 Å². The number of hydrogen-bond donors (Lipinski definition) is 2. The van der Waals surface area contributed by atoms with E-state index in [-0.39, 0.29) is 11.9 Å². The number of hydrogen-bond acceptors (Lipinski definition) is 3. The Morgan fingerprint density at radius 2 is 2.17 bits per heavy atom. The first-order chi connectivity index (χ1) is 5.67. The lowest BCUT2D eigenvalue weighted by Gasteiger charge is -2.25. The average Bonchev–Trinajstić information content (AvgIpc) is 2.11. The normalized spacial score (nSPS) is 15.2. The third-order valence-electron chi connectivity index (χ3n) is 2.01. The summed E-state index contributed by atoms with van der Waals surface area (Å²) in [7, 11) is 0. The summed E-state index contributed by atoms with van der Waals surface area (Å²) in [6.45, 7) is 8.02. The molecule has 3 N–H and O–H groups in total. The molecule has 0 saturated carbocycles. The van der Waals surface area contributed by atoms with Crippen molar-refractivity contribution in [1.29, 1.82) is 0 Å². The van der Waals surface area contributed by atoms with Crippen LogP contribution >= 0.6 is 0 Å². The summed E-state index contributed by atoms with van der Waals surface area (Å²) in [5.74, 6) is 0.283. The second-order valence-electron chi connectivity index (χ2n) is 2.83. The van der Waals surface area contributed by atoms with Gasteiger partial charge >= 0.3 is 0 Å². The van der Waals surface area contributed by atoms with E-state index in [1.165, 1.54) is 0 Å². The molecule has 0 amide bonds. The molecule has 4 heteroatoms. The fourth-order valence-corrected chi connectivity index (χ4v) is 1.18. The minimum absolute atomic E-state index is 0.0277. The fraction of sp³-hybridized carbons (Fsp3) is 0.875. The molecule has 0 aliphatic heterocycles. The van der Waals surface area contributed by atoms with Crippen LogP contribution in [0, 0.1) is 0 Å². The second kappa shape index (κ2) is 5.83. The summed E-state index contributed by atoms with van der Waals surface area (Å²) in [6, 6.07) is 0.0277. The highest BCUT2D eigenvalue weighted by molar-refractivity contribution is 5.84. The molecule has 0 aromatic heterocycles. The van der Waals surface area contributed by atoms with Crippen molar-refractivity contribution in [3.05, 3.63) is 0 Å². The van der Waals surface area contributed by atoms with Crippen molar-refractivity contribution >= 4 is 5.84 Å². The Kier molecular flexibility index (Phi) is 5.45. The Morgan fingerprint density at radius 3 is 2.50 bits per heavy atom. The van der Waals surface area contributed by atoms with Gasteiger partial charge < -0.3 is 10.9 Å². The first-order valence-electron chi connectivity index (χ1n) is 4.38. The number of amidine groups is 1. The van der Waals surface area contributed by atoms with Crippen LogP contribution in [-0.4, -0.2) is 35.1 Å². The molecule has 0 aromatic rings. The van der Waals surface area contributed by atoms with Crippen LogP contribution in [0.3, 0.4) is 0 Å². The van der Waals surface area contributed by atoms with Crippen LogP contribution in [0.2, 0.25) is 0 Å². The van der Waals surface area contributed by atoms with E-state index >= 15 is 0 Å². The highest BCUT2D eigenvalue weighted by atomic mass is 16.4. The lowest BCUT2D eigenvalue weighted by Crippen LogP contribution is -2.43. The Morgan fingerprint density at radius 1 is 1.58 bits per heavy atom. The van der Waals surface area contributed by atoms with E-state index in [9.17, 15) is 0 Å². The molecule has 72 valence electrons. The largest absolute Gasteiger partial charge is 0.409 e. The number of likely N-dealkylation sites (N-methyl/N-ethyl adjacent to an activating group) is 1. The fourth-order valence-electron chi connectivity index (χ4n) is 1.18. The zero-order valence-electron chi connectivity index (χ0n) is 8.12. The number of nitrogens with two attached hydrogens (primary N) is 1. The van der Waals surface area contributed by atoms with Gasteiger partial charge in [-0.3, -0.25) is 4.90 Å². The smallest absolute Gasteiger partial charge is 0.156 e. The molecule has 0 saturated heterocycles. The predicted molar refractivity (Wildman–Crippen MR) is 50.4 cm³/mol. The molecule has 0 aliphatic rings. The van der Waals surface area contributed by atoms with Gasteiger partial charge in [-0.05, 0) is 26.4 Å². The Balaban J connectivity index is 4.10. The molecule has 0 spiro atoms. The molecule has 0 heterocycles. The standard InChI is InChI=1S/C8H19N3O/c1-4-6-11(5-2)7(3)8(9)10-12/h7,12H,4-6H2,1-3H3,(H2,9,10). The highest BCUT2D eigenvalue weighted by Crippen LogP contribution is 1.99. The Hall–Kier alpha value is -0.770. The molecule has 12 heavy (non-hydrogen) atoms. The zero-order chi connectivity index (χ0) is 9.56. The quantitative estimate of drug-likeness (QED) is 0.280. The maximum Gasteiger partial charge on any atom is 0.156 e. The minimum Gasteiger partial charge on any atom is -0.409 e. The topological polar surface area (TPSA) is 61.8 Å². The molecular formula is C8H19N3O. The lowest BCUT2D eigenvalue weighted by molar-refractivity contribution is 0.254. The zero-order valence-corrected chi connectivity index (χ0v) is 8.12. The molecular weight excluding hydrogens is 154 g/mol. The van der Waals surface area contributed by atoms with Crippen molar-refractivity contribution < 1.29 is 5.21 Å². The number of oxime groups is 1. The van der Waals surface area contributed by atoms with Gasteiger partial charge in [0.25, 0.3) is 0 Å². The molecule has 1 unspecified atom stereocenters. The third-order valence-corrected chi connectivity index (χ3v) is 2.01. The summed E-state index contributed by atoms with van der Waals surface area (Å²) in [5, 5.41) is 11.4. The molecule has 4 nitrogen and oxygen atoms in total. The summed E-state index contributed by atoms with van der Waals surface area (Å²) in [4.78, 5) is 2.16. The highest BCUT2D eigenvalue weighted by Gasteiger charge is 2.14. The molecule has 0 fully saturated rings. The van der Waals surface area contributed by atoms with Gasteiger partial charge in [0.05, 0.1) is 6.04 Å². The van der Waals surface area contributed by atoms with Crippen LogP contribution in [0.4, 0.5) is 0 Å². The van der Waals surface area contributed by atoms with Gasteiger partial charge in [-0.15, -0.1) is 0 Å². The van der Waals surface area contributed by atoms with Crippen molar-refractivity contribution in [2.45, 2.75) is 33.2 Å². The summed E-state index contributed by atoms with van der Waals surface area (Å²) in [5.41, 5.74) is 5.48. The molecule has 0 radical (unpaired) electrons. The van der Waals surface area contributed by atoms with Crippen LogP contribution in [0.1, 0.15) is 27.2 Å². The van der Waals surface area contributed by atoms with Crippen molar-refractivity contribution in [3.8, 4) is 0 Å². The van der Waals surface area contributed by atoms with Crippen molar-refractivity contribution in [1.82, 2.24) is 4.90 Å². The van der Waals surface area contributed by atoms with Crippen LogP contribution in [0.5, 0.6) is 0 Å². The monoisotopic (exact) mass is 173 g/mol. The predicted octanol–water partition coefficient (Wildman–Crippen LogP) is 0.853. The molecule has 0 aliphatic carbocycles. The van der Waals surface area contributed by atoms with Gasteiger partial charge in [0, 0.05) is 0 Å². The van der Waals surface area contributed by atoms with E-state index in [2.05, 4.69) is 23.9 Å². The summed E-state index contributed by atoms with van der Waals surface area (Å²) >= 11 is 0. The SMILES string of the molecule is CCCN(CC)C(C)C(N)=NO. The first kappa shape index (κ1) is 11.2. The average molecular weight is 173 g/mol. The second-order valence-corrected chi connectivity index (χ2v) is 2.83. The van der Waals surface area contributed by atoms with Crippen LogP contribution < -0.4 is 5.73 Å². The van der Waals surface area contributed by atoms with Crippen LogP contribution in [0.15, 0.2) is 5.16 Å². The van der Waals surface area contributed by atoms with Gasteiger partial charge in [0.2, 0.25) is 0 Å². The van der Waals surface area contributed by atoms with Gasteiger partial charge in [-0.25, -0.2) is 0 Å². The van der Waals surface area contributed by atoms with E-state index in [1.807, 2.05) is 6.92 Å². The maximum atomic E-state index is 8.45. The van der Waals surface area contributed by atoms with Crippen molar-refractivity contribution in [2.24, 2.45) is 10.9 Å². The first-order valence-corrected chi connectivity index (χ1v) is 4.38. The van der Waals surface area contributed by atoms with Crippen LogP contribution in [-0.2, 0) is 0 Å². The maximum absolute atomic E-state index is 8.45. The van der Waals surface area contributed by atoms with Crippen molar-refractivity contribution in [2.75, 3.05) is 13.1 Å². The van der Waals surface area contributed by atoms with Gasteiger partial charge in [-0.1, -0.05) is 19.0 Å². The van der Waals surface area contributed by atoms with E-state index in [0.29, 0.717) is 0 Å². The van der Waals surface area contributed by atoms with Gasteiger partial charge in [-0.2, -0.15) is 0 Å². The summed E-state index contributed by atoms with van der Waals surface area (Å²) < 4.78 is 0. The lowest BCUT2D eigenvalue weighted by atomic mass is 10.2. The minimum atomic E-state index is 0.0277. The molecule has 0 rings (SSSR count). The molecule has 0 bridgehead atoms. The van der Waals surface area contributed by atoms with E-state index < -0.39 is 0 Å². The van der Waals surface area contributed by atoms with Crippen LogP contribution in [0.25, 0.3) is 0 Å².